The Morgan fingerprint density at radius 1 is 1.09 bits per heavy atom. The Morgan fingerprint density at radius 2 is 1.88 bits per heavy atom. The zero-order valence-corrected chi connectivity index (χ0v) is 20.3. The molecular weight excluding hydrogens is 484 g/mol. The molecule has 0 spiro atoms. The molecule has 4 rings (SSSR count). The number of hydrogen-bond acceptors (Lipinski definition) is 4. The number of carbonyl (C=O) groups is 1. The fourth-order valence-corrected chi connectivity index (χ4v) is 4.48. The van der Waals surface area contributed by atoms with Gasteiger partial charge in [-0.25, -0.2) is 10.4 Å². The second-order valence-corrected chi connectivity index (χ2v) is 9.34. The first-order valence-electron chi connectivity index (χ1n) is 10.2. The molecule has 3 aromatic carbocycles. The van der Waals surface area contributed by atoms with Crippen LogP contribution >= 0.6 is 27.7 Å². The SMILES string of the molecule is C/C(=N/NC(=O)CSc1nc2ccccc2n1Cc1ccc(C)cc1)c1cccc(Br)c1. The van der Waals surface area contributed by atoms with Crippen LogP contribution < -0.4 is 5.43 Å². The number of carbonyl (C=O) groups excluding carboxylic acids is 1. The highest BCUT2D eigenvalue weighted by molar-refractivity contribution is 9.10. The number of aryl methyl sites for hydroxylation is 1. The van der Waals surface area contributed by atoms with Crippen LogP contribution in [0.1, 0.15) is 23.6 Å². The number of para-hydroxylation sites is 2. The maximum Gasteiger partial charge on any atom is 0.250 e. The second-order valence-electron chi connectivity index (χ2n) is 7.49. The van der Waals surface area contributed by atoms with E-state index in [1.807, 2.05) is 49.4 Å². The number of hydrazone groups is 1. The summed E-state index contributed by atoms with van der Waals surface area (Å²) in [7, 11) is 0. The molecule has 1 N–H and O–H groups in total. The van der Waals surface area contributed by atoms with Crippen molar-refractivity contribution in [2.45, 2.75) is 25.5 Å². The molecule has 1 amide bonds. The van der Waals surface area contributed by atoms with Crippen LogP contribution in [0.5, 0.6) is 0 Å². The van der Waals surface area contributed by atoms with Gasteiger partial charge in [0.05, 0.1) is 29.0 Å². The van der Waals surface area contributed by atoms with E-state index in [9.17, 15) is 4.79 Å². The van der Waals surface area contributed by atoms with E-state index < -0.39 is 0 Å². The van der Waals surface area contributed by atoms with E-state index in [4.69, 9.17) is 4.98 Å². The Bertz CT molecular complexity index is 1280. The summed E-state index contributed by atoms with van der Waals surface area (Å²) in [4.78, 5) is 17.2. The number of amides is 1. The van der Waals surface area contributed by atoms with Gasteiger partial charge in [0.1, 0.15) is 0 Å². The number of imidazole rings is 1. The van der Waals surface area contributed by atoms with E-state index in [0.29, 0.717) is 6.54 Å². The van der Waals surface area contributed by atoms with Crippen molar-refractivity contribution in [3.63, 3.8) is 0 Å². The normalized spacial score (nSPS) is 11.7. The van der Waals surface area contributed by atoms with Crippen LogP contribution in [0, 0.1) is 6.92 Å². The third-order valence-corrected chi connectivity index (χ3v) is 6.47. The molecule has 0 fully saturated rings. The summed E-state index contributed by atoms with van der Waals surface area (Å²) in [6.45, 7) is 4.65. The van der Waals surface area contributed by atoms with Gasteiger partial charge in [0.2, 0.25) is 0 Å². The maximum absolute atomic E-state index is 12.5. The van der Waals surface area contributed by atoms with Gasteiger partial charge in [-0.3, -0.25) is 4.79 Å². The summed E-state index contributed by atoms with van der Waals surface area (Å²) in [5, 5.41) is 5.06. The van der Waals surface area contributed by atoms with Gasteiger partial charge in [-0.05, 0) is 49.2 Å². The molecule has 5 nitrogen and oxygen atoms in total. The highest BCUT2D eigenvalue weighted by Crippen LogP contribution is 2.25. The van der Waals surface area contributed by atoms with Gasteiger partial charge in [-0.15, -0.1) is 0 Å². The molecule has 0 radical (unpaired) electrons. The second kappa shape index (κ2) is 10.1. The fourth-order valence-electron chi connectivity index (χ4n) is 3.28. The van der Waals surface area contributed by atoms with E-state index in [-0.39, 0.29) is 11.7 Å². The maximum atomic E-state index is 12.5. The zero-order valence-electron chi connectivity index (χ0n) is 17.9. The van der Waals surface area contributed by atoms with Crippen LogP contribution in [0.4, 0.5) is 0 Å². The number of halogens is 1. The molecule has 0 aliphatic heterocycles. The highest BCUT2D eigenvalue weighted by Gasteiger charge is 2.13. The van der Waals surface area contributed by atoms with Gasteiger partial charge < -0.3 is 4.57 Å². The van der Waals surface area contributed by atoms with Crippen molar-refractivity contribution >= 4 is 50.3 Å². The van der Waals surface area contributed by atoms with Crippen LogP contribution in [-0.4, -0.2) is 26.9 Å². The lowest BCUT2D eigenvalue weighted by atomic mass is 10.1. The van der Waals surface area contributed by atoms with Crippen molar-refractivity contribution < 1.29 is 4.79 Å². The highest BCUT2D eigenvalue weighted by atomic mass is 79.9. The van der Waals surface area contributed by atoms with Crippen molar-refractivity contribution in [1.29, 1.82) is 0 Å². The number of hydrogen-bond donors (Lipinski definition) is 1. The van der Waals surface area contributed by atoms with E-state index in [1.54, 1.807) is 0 Å². The first-order valence-corrected chi connectivity index (χ1v) is 12.0. The van der Waals surface area contributed by atoms with Gasteiger partial charge in [-0.2, -0.15) is 5.10 Å². The molecule has 32 heavy (non-hydrogen) atoms. The Hall–Kier alpha value is -2.90. The molecule has 0 unspecified atom stereocenters. The molecule has 0 saturated carbocycles. The van der Waals surface area contributed by atoms with Gasteiger partial charge in [0.15, 0.2) is 5.16 Å². The average Bonchev–Trinajstić information content (AvgIpc) is 3.15. The fraction of sp³-hybridized carbons (Fsp3) is 0.160. The summed E-state index contributed by atoms with van der Waals surface area (Å²) < 4.78 is 3.13. The van der Waals surface area contributed by atoms with Crippen molar-refractivity contribution in [3.05, 3.63) is 94.0 Å². The van der Waals surface area contributed by atoms with Gasteiger partial charge >= 0.3 is 0 Å². The Balaban J connectivity index is 1.47. The monoisotopic (exact) mass is 506 g/mol. The van der Waals surface area contributed by atoms with Crippen LogP contribution in [0.3, 0.4) is 0 Å². The minimum absolute atomic E-state index is 0.168. The topological polar surface area (TPSA) is 59.3 Å². The zero-order chi connectivity index (χ0) is 22.5. The largest absolute Gasteiger partial charge is 0.314 e. The van der Waals surface area contributed by atoms with Gasteiger partial charge in [-0.1, -0.05) is 81.8 Å². The van der Waals surface area contributed by atoms with Crippen molar-refractivity contribution in [3.8, 4) is 0 Å². The molecule has 1 aromatic heterocycles. The Labute approximate surface area is 200 Å². The van der Waals surface area contributed by atoms with Gasteiger partial charge in [0, 0.05) is 4.47 Å². The number of thioether (sulfide) groups is 1. The predicted molar refractivity (Wildman–Crippen MR) is 135 cm³/mol. The number of benzene rings is 3. The lowest BCUT2D eigenvalue weighted by molar-refractivity contribution is -0.118. The molecule has 0 atom stereocenters. The van der Waals surface area contributed by atoms with Crippen molar-refractivity contribution in [2.24, 2.45) is 5.10 Å². The molecule has 4 aromatic rings. The van der Waals surface area contributed by atoms with E-state index in [1.165, 1.54) is 22.9 Å². The van der Waals surface area contributed by atoms with Gasteiger partial charge in [0.25, 0.3) is 5.91 Å². The smallest absolute Gasteiger partial charge is 0.250 e. The Morgan fingerprint density at radius 3 is 2.66 bits per heavy atom. The number of fused-ring (bicyclic) bond motifs is 1. The third-order valence-electron chi connectivity index (χ3n) is 5.00. The predicted octanol–water partition coefficient (Wildman–Crippen LogP) is 5.79. The number of nitrogens with one attached hydrogen (secondary N) is 1. The van der Waals surface area contributed by atoms with Crippen LogP contribution in [0.2, 0.25) is 0 Å². The first-order chi connectivity index (χ1) is 15.5. The molecule has 1 heterocycles. The average molecular weight is 507 g/mol. The number of rotatable bonds is 7. The van der Waals surface area contributed by atoms with E-state index >= 15 is 0 Å². The summed E-state index contributed by atoms with van der Waals surface area (Å²) >= 11 is 4.87. The summed E-state index contributed by atoms with van der Waals surface area (Å²) in [6.07, 6.45) is 0. The summed E-state index contributed by atoms with van der Waals surface area (Å²) in [6, 6.07) is 24.3. The van der Waals surface area contributed by atoms with Crippen LogP contribution in [0.15, 0.2) is 87.5 Å². The molecule has 0 aliphatic rings. The standard InChI is InChI=1S/C25H23BrN4OS/c1-17-10-12-19(13-11-17)15-30-23-9-4-3-8-22(23)27-25(30)32-16-24(31)29-28-18(2)20-6-5-7-21(26)14-20/h3-14H,15-16H2,1-2H3,(H,29,31)/b28-18-. The minimum Gasteiger partial charge on any atom is -0.314 e. The quantitative estimate of drug-likeness (QED) is 0.196. The third kappa shape index (κ3) is 5.47. The lowest BCUT2D eigenvalue weighted by Gasteiger charge is -2.09. The molecule has 162 valence electrons. The minimum atomic E-state index is -0.168. The number of nitrogens with zero attached hydrogens (tertiary/aromatic N) is 3. The van der Waals surface area contributed by atoms with Crippen molar-refractivity contribution in [1.82, 2.24) is 15.0 Å². The first kappa shape index (κ1) is 22.3. The molecule has 0 bridgehead atoms. The molecule has 7 heteroatoms. The van der Waals surface area contributed by atoms with Crippen molar-refractivity contribution in [2.75, 3.05) is 5.75 Å². The number of aromatic nitrogens is 2. The Kier molecular flexibility index (Phi) is 7.07. The molecule has 0 aliphatic carbocycles. The molecular formula is C25H23BrN4OS. The van der Waals surface area contributed by atoms with Crippen LogP contribution in [-0.2, 0) is 11.3 Å². The summed E-state index contributed by atoms with van der Waals surface area (Å²) in [5.74, 6) is 0.0604. The van der Waals surface area contributed by atoms with Crippen LogP contribution in [0.25, 0.3) is 11.0 Å². The van der Waals surface area contributed by atoms with E-state index in [2.05, 4.69) is 68.3 Å². The summed E-state index contributed by atoms with van der Waals surface area (Å²) in [5.41, 5.74) is 8.76. The van der Waals surface area contributed by atoms with E-state index in [0.717, 1.165) is 31.9 Å². The lowest BCUT2D eigenvalue weighted by Crippen LogP contribution is -2.21. The molecule has 0 saturated heterocycles.